The summed E-state index contributed by atoms with van der Waals surface area (Å²) < 4.78 is 37.6. The molecule has 0 aliphatic rings. The number of anilines is 1. The van der Waals surface area contributed by atoms with Crippen molar-refractivity contribution < 1.29 is 22.8 Å². The number of amides is 1. The Morgan fingerprint density at radius 3 is 2.33 bits per heavy atom. The van der Waals surface area contributed by atoms with Gasteiger partial charge in [-0.05, 0) is 12.1 Å². The molecule has 0 unspecified atom stereocenters. The Morgan fingerprint density at radius 1 is 1.07 bits per heavy atom. The minimum Gasteiger partial charge on any atom is -0.298 e. The molecule has 0 saturated carbocycles. The molecule has 1 aromatic carbocycles. The zero-order chi connectivity index (χ0) is 19.6. The first-order valence-corrected chi connectivity index (χ1v) is 8.49. The van der Waals surface area contributed by atoms with Gasteiger partial charge in [0.1, 0.15) is 5.69 Å². The Balaban J connectivity index is 1.85. The van der Waals surface area contributed by atoms with Gasteiger partial charge in [-0.15, -0.1) is 0 Å². The zero-order valence-corrected chi connectivity index (χ0v) is 14.7. The third kappa shape index (κ3) is 4.20. The van der Waals surface area contributed by atoms with Crippen molar-refractivity contribution in [2.45, 2.75) is 13.1 Å². The van der Waals surface area contributed by atoms with Gasteiger partial charge in [0.2, 0.25) is 0 Å². The number of hydrogen-bond acceptors (Lipinski definition) is 5. The Morgan fingerprint density at radius 2 is 1.78 bits per heavy atom. The molecular formula is C18H12F3N3O2S. The second-order valence-electron chi connectivity index (χ2n) is 5.50. The van der Waals surface area contributed by atoms with Crippen LogP contribution in [0, 0.1) is 0 Å². The van der Waals surface area contributed by atoms with Crippen LogP contribution in [0.3, 0.4) is 0 Å². The van der Waals surface area contributed by atoms with E-state index in [4.69, 9.17) is 0 Å². The van der Waals surface area contributed by atoms with Gasteiger partial charge in [-0.3, -0.25) is 19.9 Å². The lowest BCUT2D eigenvalue weighted by Crippen LogP contribution is -2.14. The summed E-state index contributed by atoms with van der Waals surface area (Å²) in [6.45, 7) is 1.39. The molecule has 0 aliphatic heterocycles. The number of nitrogens with zero attached hydrogens (tertiary/aromatic N) is 2. The highest BCUT2D eigenvalue weighted by Gasteiger charge is 2.32. The van der Waals surface area contributed by atoms with Crippen molar-refractivity contribution in [3.8, 4) is 11.3 Å². The number of ketones is 1. The molecule has 0 fully saturated rings. The van der Waals surface area contributed by atoms with Gasteiger partial charge in [0, 0.05) is 18.7 Å². The van der Waals surface area contributed by atoms with Gasteiger partial charge >= 0.3 is 6.18 Å². The lowest BCUT2D eigenvalue weighted by atomic mass is 10.1. The van der Waals surface area contributed by atoms with E-state index < -0.39 is 17.8 Å². The number of carbonyl (C=O) groups is 2. The summed E-state index contributed by atoms with van der Waals surface area (Å²) >= 11 is 1.000. The highest BCUT2D eigenvalue weighted by atomic mass is 32.1. The average Bonchev–Trinajstić information content (AvgIpc) is 3.06. The largest absolute Gasteiger partial charge is 0.433 e. The molecule has 2 aromatic heterocycles. The van der Waals surface area contributed by atoms with Crippen LogP contribution in [0.4, 0.5) is 18.3 Å². The van der Waals surface area contributed by atoms with Gasteiger partial charge in [0.25, 0.3) is 5.91 Å². The molecule has 2 heterocycles. The molecule has 0 bridgehead atoms. The molecule has 0 spiro atoms. The molecule has 0 saturated heterocycles. The zero-order valence-electron chi connectivity index (χ0n) is 13.9. The van der Waals surface area contributed by atoms with Crippen molar-refractivity contribution >= 4 is 28.2 Å². The van der Waals surface area contributed by atoms with E-state index in [2.05, 4.69) is 15.3 Å². The van der Waals surface area contributed by atoms with Crippen LogP contribution in [0.5, 0.6) is 0 Å². The third-order valence-electron chi connectivity index (χ3n) is 3.53. The van der Waals surface area contributed by atoms with Gasteiger partial charge in [-0.2, -0.15) is 13.2 Å². The number of nitrogens with one attached hydrogen (secondary N) is 1. The molecule has 27 heavy (non-hydrogen) atoms. The standard InChI is InChI=1S/C18H12F3N3O2S/c1-10(25)15-14(11-5-3-2-4-6-11)23-17(27-15)24-16(26)12-7-8-13(22-9-12)18(19,20)21/h2-9H,1H3,(H,23,24,26). The highest BCUT2D eigenvalue weighted by Crippen LogP contribution is 2.32. The number of benzene rings is 1. The fourth-order valence-electron chi connectivity index (χ4n) is 2.27. The summed E-state index contributed by atoms with van der Waals surface area (Å²) in [5.74, 6) is -0.872. The summed E-state index contributed by atoms with van der Waals surface area (Å²) in [5.41, 5.74) is 0.0203. The molecule has 9 heteroatoms. The van der Waals surface area contributed by atoms with Crippen LogP contribution in [0.25, 0.3) is 11.3 Å². The summed E-state index contributed by atoms with van der Waals surface area (Å²) in [7, 11) is 0. The van der Waals surface area contributed by atoms with E-state index in [1.807, 2.05) is 6.07 Å². The second kappa shape index (κ2) is 7.28. The second-order valence-corrected chi connectivity index (χ2v) is 6.50. The minimum absolute atomic E-state index is 0.0520. The summed E-state index contributed by atoms with van der Waals surface area (Å²) in [4.78, 5) is 32.1. The van der Waals surface area contributed by atoms with Crippen LogP contribution >= 0.6 is 11.3 Å². The van der Waals surface area contributed by atoms with E-state index in [9.17, 15) is 22.8 Å². The molecule has 0 radical (unpaired) electrons. The number of Topliss-reactive ketones (excluding diaryl/α,β-unsaturated/α-hetero) is 1. The predicted molar refractivity (Wildman–Crippen MR) is 94.7 cm³/mol. The average molecular weight is 391 g/mol. The number of carbonyl (C=O) groups excluding carboxylic acids is 2. The number of alkyl halides is 3. The molecule has 0 atom stereocenters. The number of halogens is 3. The quantitative estimate of drug-likeness (QED) is 0.656. The van der Waals surface area contributed by atoms with Crippen LogP contribution in [-0.4, -0.2) is 21.7 Å². The van der Waals surface area contributed by atoms with E-state index in [1.165, 1.54) is 6.92 Å². The van der Waals surface area contributed by atoms with Crippen molar-refractivity contribution in [1.82, 2.24) is 9.97 Å². The topological polar surface area (TPSA) is 72.0 Å². The Kier molecular flexibility index (Phi) is 5.04. The van der Waals surface area contributed by atoms with Crippen LogP contribution < -0.4 is 5.32 Å². The molecule has 138 valence electrons. The Labute approximate surface area is 155 Å². The van der Waals surface area contributed by atoms with E-state index in [0.717, 1.165) is 35.2 Å². The smallest absolute Gasteiger partial charge is 0.298 e. The SMILES string of the molecule is CC(=O)c1sc(NC(=O)c2ccc(C(F)(F)F)nc2)nc1-c1ccccc1. The first-order chi connectivity index (χ1) is 12.8. The summed E-state index contributed by atoms with van der Waals surface area (Å²) in [6.07, 6.45) is -3.74. The maximum atomic E-state index is 12.5. The molecule has 5 nitrogen and oxygen atoms in total. The molecule has 0 aliphatic carbocycles. The monoisotopic (exact) mass is 391 g/mol. The maximum absolute atomic E-state index is 12.5. The molecule has 3 aromatic rings. The van der Waals surface area contributed by atoms with Crippen molar-refractivity contribution in [1.29, 1.82) is 0 Å². The fourth-order valence-corrected chi connectivity index (χ4v) is 3.15. The molecule has 1 amide bonds. The van der Waals surface area contributed by atoms with E-state index in [0.29, 0.717) is 10.6 Å². The first-order valence-electron chi connectivity index (χ1n) is 7.67. The fraction of sp³-hybridized carbons (Fsp3) is 0.111. The van der Waals surface area contributed by atoms with Crippen LogP contribution in [0.1, 0.15) is 32.6 Å². The Bertz CT molecular complexity index is 983. The predicted octanol–water partition coefficient (Wildman–Crippen LogP) is 4.68. The van der Waals surface area contributed by atoms with Gasteiger partial charge in [-0.1, -0.05) is 41.7 Å². The minimum atomic E-state index is -4.58. The Hall–Kier alpha value is -3.07. The number of pyridine rings is 1. The molecule has 1 N–H and O–H groups in total. The molecule has 3 rings (SSSR count). The highest BCUT2D eigenvalue weighted by molar-refractivity contribution is 7.18. The lowest BCUT2D eigenvalue weighted by Gasteiger charge is -2.06. The van der Waals surface area contributed by atoms with Crippen molar-refractivity contribution in [3.63, 3.8) is 0 Å². The van der Waals surface area contributed by atoms with Crippen LogP contribution in [0.2, 0.25) is 0 Å². The van der Waals surface area contributed by atoms with Crippen LogP contribution in [-0.2, 0) is 6.18 Å². The van der Waals surface area contributed by atoms with Crippen molar-refractivity contribution in [3.05, 3.63) is 64.8 Å². The first kappa shape index (κ1) is 18.7. The van der Waals surface area contributed by atoms with Crippen LogP contribution in [0.15, 0.2) is 48.7 Å². The summed E-state index contributed by atoms with van der Waals surface area (Å²) in [5, 5.41) is 2.67. The van der Waals surface area contributed by atoms with E-state index >= 15 is 0 Å². The lowest BCUT2D eigenvalue weighted by molar-refractivity contribution is -0.141. The van der Waals surface area contributed by atoms with E-state index in [1.54, 1.807) is 24.3 Å². The van der Waals surface area contributed by atoms with Gasteiger partial charge < -0.3 is 0 Å². The van der Waals surface area contributed by atoms with E-state index in [-0.39, 0.29) is 16.5 Å². The van der Waals surface area contributed by atoms with Gasteiger partial charge in [0.05, 0.1) is 16.1 Å². The van der Waals surface area contributed by atoms with Crippen molar-refractivity contribution in [2.24, 2.45) is 0 Å². The normalized spacial score (nSPS) is 11.3. The van der Waals surface area contributed by atoms with Gasteiger partial charge in [0.15, 0.2) is 10.9 Å². The number of thiazole rings is 1. The molecular weight excluding hydrogens is 379 g/mol. The number of hydrogen-bond donors (Lipinski definition) is 1. The summed E-state index contributed by atoms with van der Waals surface area (Å²) in [6, 6.07) is 10.7. The number of aromatic nitrogens is 2. The maximum Gasteiger partial charge on any atom is 0.433 e. The van der Waals surface area contributed by atoms with Gasteiger partial charge in [-0.25, -0.2) is 4.98 Å². The van der Waals surface area contributed by atoms with Crippen molar-refractivity contribution in [2.75, 3.05) is 5.32 Å². The third-order valence-corrected chi connectivity index (χ3v) is 4.60. The number of rotatable bonds is 4.